The number of anilines is 2. The molecule has 0 unspecified atom stereocenters. The van der Waals surface area contributed by atoms with E-state index in [0.29, 0.717) is 67.7 Å². The van der Waals surface area contributed by atoms with Gasteiger partial charge in [0, 0.05) is 37.3 Å². The molecule has 1 amide bonds. The Labute approximate surface area is 163 Å². The van der Waals surface area contributed by atoms with Crippen molar-refractivity contribution in [1.29, 1.82) is 5.26 Å². The summed E-state index contributed by atoms with van der Waals surface area (Å²) in [7, 11) is 0. The first-order valence-corrected chi connectivity index (χ1v) is 9.27. The average molecular weight is 379 g/mol. The number of carbonyl (C=O) groups is 1. The Morgan fingerprint density at radius 3 is 2.68 bits per heavy atom. The van der Waals surface area contributed by atoms with Gasteiger partial charge in [0.25, 0.3) is 5.91 Å². The number of carbonyl (C=O) groups excluding carboxylic acids is 1. The molecule has 3 heterocycles. The summed E-state index contributed by atoms with van der Waals surface area (Å²) in [5.74, 6) is -0.321. The average Bonchev–Trinajstić information content (AvgIpc) is 3.15. The van der Waals surface area contributed by atoms with Gasteiger partial charge in [-0.3, -0.25) is 4.79 Å². The number of piperidine rings is 1. The Bertz CT molecular complexity index is 924. The fourth-order valence-electron chi connectivity index (χ4n) is 3.53. The molecule has 1 aromatic heterocycles. The maximum absolute atomic E-state index is 12.9. The molecule has 8 nitrogen and oxygen atoms in total. The molecule has 1 aromatic carbocycles. The van der Waals surface area contributed by atoms with Crippen molar-refractivity contribution in [3.05, 3.63) is 47.3 Å². The van der Waals surface area contributed by atoms with Crippen molar-refractivity contribution < 1.29 is 14.3 Å². The van der Waals surface area contributed by atoms with Crippen molar-refractivity contribution >= 4 is 17.5 Å². The van der Waals surface area contributed by atoms with Crippen molar-refractivity contribution in [1.82, 2.24) is 14.9 Å². The van der Waals surface area contributed by atoms with Crippen LogP contribution in [0.15, 0.2) is 30.3 Å². The van der Waals surface area contributed by atoms with Crippen LogP contribution in [0.5, 0.6) is 0 Å². The Morgan fingerprint density at radius 1 is 1.21 bits per heavy atom. The van der Waals surface area contributed by atoms with Crippen molar-refractivity contribution in [3.63, 3.8) is 0 Å². The molecule has 0 aliphatic carbocycles. The van der Waals surface area contributed by atoms with Crippen molar-refractivity contribution in [2.45, 2.75) is 25.6 Å². The Morgan fingerprint density at radius 2 is 1.96 bits per heavy atom. The maximum Gasteiger partial charge on any atom is 0.272 e. The number of nitriles is 1. The first kappa shape index (κ1) is 18.3. The zero-order chi connectivity index (χ0) is 19.6. The molecule has 2 aliphatic heterocycles. The van der Waals surface area contributed by atoms with Crippen LogP contribution in [0.3, 0.4) is 0 Å². The topological polar surface area (TPSA) is 100 Å². The molecule has 2 aromatic rings. The van der Waals surface area contributed by atoms with Crippen LogP contribution in [-0.4, -0.2) is 52.9 Å². The molecule has 0 atom stereocenters. The highest BCUT2D eigenvalue weighted by Crippen LogP contribution is 2.31. The lowest BCUT2D eigenvalue weighted by molar-refractivity contribution is -0.181. The normalized spacial score (nSPS) is 18.1. The van der Waals surface area contributed by atoms with Crippen LogP contribution in [-0.2, 0) is 9.47 Å². The minimum absolute atomic E-state index is 0.132. The van der Waals surface area contributed by atoms with Crippen molar-refractivity contribution in [2.24, 2.45) is 0 Å². The van der Waals surface area contributed by atoms with Crippen LogP contribution >= 0.6 is 0 Å². The fourth-order valence-corrected chi connectivity index (χ4v) is 3.53. The molecular formula is C20H21N5O3. The number of nitrogens with zero attached hydrogens (tertiary/aromatic N) is 4. The Hall–Kier alpha value is -3.02. The Balaban J connectivity index is 1.49. The van der Waals surface area contributed by atoms with E-state index in [1.807, 2.05) is 13.0 Å². The van der Waals surface area contributed by atoms with E-state index < -0.39 is 5.79 Å². The van der Waals surface area contributed by atoms with Crippen LogP contribution in [0.2, 0.25) is 0 Å². The fraction of sp³-hybridized carbons (Fsp3) is 0.400. The van der Waals surface area contributed by atoms with Gasteiger partial charge in [-0.05, 0) is 31.2 Å². The molecular weight excluding hydrogens is 358 g/mol. The molecule has 0 saturated carbocycles. The van der Waals surface area contributed by atoms with Crippen LogP contribution < -0.4 is 5.32 Å². The molecule has 0 bridgehead atoms. The zero-order valence-corrected chi connectivity index (χ0v) is 15.6. The summed E-state index contributed by atoms with van der Waals surface area (Å²) >= 11 is 0. The first-order chi connectivity index (χ1) is 13.6. The standard InChI is InChI=1S/C20H21N5O3/c1-14-11-17(18(26)25-7-5-20(6-8-25)27-9-10-28-20)24-19(22-14)23-16-4-2-3-15(12-16)13-21/h2-4,11-12H,5-10H2,1H3,(H,22,23,24). The summed E-state index contributed by atoms with van der Waals surface area (Å²) in [6, 6.07) is 10.8. The molecule has 4 rings (SSSR count). The van der Waals surface area contributed by atoms with Gasteiger partial charge in [0.1, 0.15) is 5.69 Å². The van der Waals surface area contributed by atoms with Crippen LogP contribution in [0, 0.1) is 18.3 Å². The van der Waals surface area contributed by atoms with Gasteiger partial charge in [-0.25, -0.2) is 9.97 Å². The predicted molar refractivity (Wildman–Crippen MR) is 101 cm³/mol. The summed E-state index contributed by atoms with van der Waals surface area (Å²) in [5, 5.41) is 12.1. The molecule has 8 heteroatoms. The number of likely N-dealkylation sites (tertiary alicyclic amines) is 1. The van der Waals surface area contributed by atoms with Crippen LogP contribution in [0.4, 0.5) is 11.6 Å². The van der Waals surface area contributed by atoms with Crippen LogP contribution in [0.25, 0.3) is 0 Å². The number of amides is 1. The number of hydrogen-bond acceptors (Lipinski definition) is 7. The molecule has 0 radical (unpaired) electrons. The number of rotatable bonds is 3. The smallest absolute Gasteiger partial charge is 0.272 e. The van der Waals surface area contributed by atoms with Gasteiger partial charge < -0.3 is 19.7 Å². The number of aromatic nitrogens is 2. The van der Waals surface area contributed by atoms with E-state index in [2.05, 4.69) is 21.4 Å². The molecule has 28 heavy (non-hydrogen) atoms. The van der Waals surface area contributed by atoms with Gasteiger partial charge in [-0.15, -0.1) is 0 Å². The number of benzene rings is 1. The summed E-state index contributed by atoms with van der Waals surface area (Å²) in [5.41, 5.74) is 2.26. The van der Waals surface area contributed by atoms with Crippen molar-refractivity contribution in [2.75, 3.05) is 31.6 Å². The third kappa shape index (κ3) is 3.81. The maximum atomic E-state index is 12.9. The summed E-state index contributed by atoms with van der Waals surface area (Å²) < 4.78 is 11.4. The second kappa shape index (κ2) is 7.54. The highest BCUT2D eigenvalue weighted by Gasteiger charge is 2.41. The van der Waals surface area contributed by atoms with E-state index in [9.17, 15) is 4.79 Å². The largest absolute Gasteiger partial charge is 0.347 e. The number of nitrogens with one attached hydrogen (secondary N) is 1. The first-order valence-electron chi connectivity index (χ1n) is 9.27. The quantitative estimate of drug-likeness (QED) is 0.874. The van der Waals surface area contributed by atoms with E-state index in [0.717, 1.165) is 0 Å². The lowest BCUT2D eigenvalue weighted by Gasteiger charge is -2.37. The minimum Gasteiger partial charge on any atom is -0.347 e. The van der Waals surface area contributed by atoms with Crippen molar-refractivity contribution in [3.8, 4) is 6.07 Å². The summed E-state index contributed by atoms with van der Waals surface area (Å²) in [6.07, 6.45) is 1.32. The molecule has 2 aliphatic rings. The van der Waals surface area contributed by atoms with Gasteiger partial charge in [-0.1, -0.05) is 6.07 Å². The summed E-state index contributed by atoms with van der Waals surface area (Å²) in [6.45, 7) is 4.17. The van der Waals surface area contributed by atoms with E-state index in [4.69, 9.17) is 14.7 Å². The van der Waals surface area contributed by atoms with Gasteiger partial charge in [0.2, 0.25) is 5.95 Å². The number of hydrogen-bond donors (Lipinski definition) is 1. The third-order valence-electron chi connectivity index (χ3n) is 4.95. The summed E-state index contributed by atoms with van der Waals surface area (Å²) in [4.78, 5) is 23.5. The molecule has 144 valence electrons. The van der Waals surface area contributed by atoms with Gasteiger partial charge >= 0.3 is 0 Å². The second-order valence-corrected chi connectivity index (χ2v) is 6.94. The SMILES string of the molecule is Cc1cc(C(=O)N2CCC3(CC2)OCCO3)nc(Nc2cccc(C#N)c2)n1. The second-order valence-electron chi connectivity index (χ2n) is 6.94. The highest BCUT2D eigenvalue weighted by atomic mass is 16.7. The van der Waals surface area contributed by atoms with Crippen LogP contribution in [0.1, 0.15) is 34.6 Å². The highest BCUT2D eigenvalue weighted by molar-refractivity contribution is 5.92. The zero-order valence-electron chi connectivity index (χ0n) is 15.6. The molecule has 1 N–H and O–H groups in total. The van der Waals surface area contributed by atoms with E-state index in [-0.39, 0.29) is 5.91 Å². The third-order valence-corrected chi connectivity index (χ3v) is 4.95. The van der Waals surface area contributed by atoms with Gasteiger partial charge in [0.05, 0.1) is 24.8 Å². The van der Waals surface area contributed by atoms with E-state index in [1.165, 1.54) is 0 Å². The molecule has 2 fully saturated rings. The molecule has 1 spiro atoms. The lowest BCUT2D eigenvalue weighted by atomic mass is 10.0. The van der Waals surface area contributed by atoms with Gasteiger partial charge in [-0.2, -0.15) is 5.26 Å². The van der Waals surface area contributed by atoms with E-state index in [1.54, 1.807) is 29.2 Å². The Kier molecular flexibility index (Phi) is 4.94. The number of aryl methyl sites for hydroxylation is 1. The lowest BCUT2D eigenvalue weighted by Crippen LogP contribution is -2.47. The van der Waals surface area contributed by atoms with E-state index >= 15 is 0 Å². The number of ether oxygens (including phenoxy) is 2. The monoisotopic (exact) mass is 379 g/mol. The molecule has 2 saturated heterocycles. The minimum atomic E-state index is -0.517. The van der Waals surface area contributed by atoms with Gasteiger partial charge in [0.15, 0.2) is 5.79 Å². The predicted octanol–water partition coefficient (Wildman–Crippen LogP) is 2.38.